The van der Waals surface area contributed by atoms with E-state index in [2.05, 4.69) is 9.71 Å². The molecule has 0 saturated carbocycles. The molecule has 24 heavy (non-hydrogen) atoms. The van der Waals surface area contributed by atoms with E-state index in [1.807, 2.05) is 37.4 Å². The number of aromatic nitrogens is 2. The first kappa shape index (κ1) is 16.7. The van der Waals surface area contributed by atoms with Gasteiger partial charge in [-0.1, -0.05) is 48.0 Å². The van der Waals surface area contributed by atoms with E-state index in [-0.39, 0.29) is 4.90 Å². The Hall–Kier alpha value is -2.15. The monoisotopic (exact) mass is 361 g/mol. The van der Waals surface area contributed by atoms with Crippen molar-refractivity contribution in [1.29, 1.82) is 0 Å². The van der Waals surface area contributed by atoms with E-state index in [1.165, 1.54) is 12.1 Å². The zero-order chi connectivity index (χ0) is 17.2. The summed E-state index contributed by atoms with van der Waals surface area (Å²) in [6.45, 7) is 0. The van der Waals surface area contributed by atoms with Crippen molar-refractivity contribution < 1.29 is 8.42 Å². The molecule has 0 aliphatic rings. The van der Waals surface area contributed by atoms with Gasteiger partial charge in [0.15, 0.2) is 0 Å². The molecule has 1 atom stereocenters. The summed E-state index contributed by atoms with van der Waals surface area (Å²) >= 11 is 5.92. The van der Waals surface area contributed by atoms with Gasteiger partial charge in [-0.2, -0.15) is 4.72 Å². The minimum atomic E-state index is -3.76. The van der Waals surface area contributed by atoms with E-state index >= 15 is 0 Å². The van der Waals surface area contributed by atoms with Crippen LogP contribution in [0.25, 0.3) is 0 Å². The van der Waals surface area contributed by atoms with Crippen molar-refractivity contribution in [2.75, 3.05) is 0 Å². The lowest BCUT2D eigenvalue weighted by Gasteiger charge is -2.19. The lowest BCUT2D eigenvalue weighted by Crippen LogP contribution is -2.31. The van der Waals surface area contributed by atoms with Crippen LogP contribution in [0.1, 0.15) is 17.4 Å². The van der Waals surface area contributed by atoms with Crippen LogP contribution in [0.5, 0.6) is 0 Å². The van der Waals surface area contributed by atoms with Gasteiger partial charge in [-0.3, -0.25) is 0 Å². The average molecular weight is 362 g/mol. The first-order valence-electron chi connectivity index (χ1n) is 7.27. The van der Waals surface area contributed by atoms with Gasteiger partial charge in [-0.25, -0.2) is 13.4 Å². The summed E-state index contributed by atoms with van der Waals surface area (Å²) in [5.41, 5.74) is 0.803. The number of halogens is 1. The molecule has 0 aliphatic carbocycles. The predicted octanol–water partition coefficient (Wildman–Crippen LogP) is 3.14. The molecule has 3 rings (SSSR count). The fourth-order valence-electron chi connectivity index (χ4n) is 2.43. The van der Waals surface area contributed by atoms with Crippen molar-refractivity contribution >= 4 is 21.6 Å². The molecule has 0 saturated heterocycles. The topological polar surface area (TPSA) is 64.0 Å². The number of sulfonamides is 1. The number of aryl methyl sites for hydroxylation is 1. The predicted molar refractivity (Wildman–Crippen MR) is 93.3 cm³/mol. The summed E-state index contributed by atoms with van der Waals surface area (Å²) in [6, 6.07) is 14.9. The third kappa shape index (κ3) is 3.51. The molecule has 1 heterocycles. The van der Waals surface area contributed by atoms with Crippen LogP contribution in [0.4, 0.5) is 0 Å². The Morgan fingerprint density at radius 3 is 2.50 bits per heavy atom. The number of hydrogen-bond acceptors (Lipinski definition) is 3. The van der Waals surface area contributed by atoms with Gasteiger partial charge in [-0.05, 0) is 23.8 Å². The van der Waals surface area contributed by atoms with Crippen molar-refractivity contribution in [1.82, 2.24) is 14.3 Å². The summed E-state index contributed by atoms with van der Waals surface area (Å²) < 4.78 is 30.1. The van der Waals surface area contributed by atoms with Crippen LogP contribution in [0.15, 0.2) is 71.9 Å². The molecule has 0 spiro atoms. The second-order valence-electron chi connectivity index (χ2n) is 5.32. The molecule has 124 valence electrons. The minimum absolute atomic E-state index is 0.116. The highest BCUT2D eigenvalue weighted by molar-refractivity contribution is 7.89. The van der Waals surface area contributed by atoms with Crippen molar-refractivity contribution in [2.45, 2.75) is 10.9 Å². The first-order chi connectivity index (χ1) is 11.5. The second kappa shape index (κ2) is 6.76. The molecule has 1 unspecified atom stereocenters. The zero-order valence-electron chi connectivity index (χ0n) is 12.9. The summed E-state index contributed by atoms with van der Waals surface area (Å²) in [4.78, 5) is 4.41. The lowest BCUT2D eigenvalue weighted by atomic mass is 10.1. The van der Waals surface area contributed by atoms with Gasteiger partial charge in [0.05, 0.1) is 4.90 Å². The molecule has 1 aromatic heterocycles. The molecule has 0 radical (unpaired) electrons. The van der Waals surface area contributed by atoms with Gasteiger partial charge in [-0.15, -0.1) is 0 Å². The van der Waals surface area contributed by atoms with Gasteiger partial charge in [0.25, 0.3) is 0 Å². The van der Waals surface area contributed by atoms with Crippen molar-refractivity contribution in [2.24, 2.45) is 7.05 Å². The summed E-state index contributed by atoms with van der Waals surface area (Å²) in [6.07, 6.45) is 3.41. The van der Waals surface area contributed by atoms with Crippen LogP contribution in [0.3, 0.4) is 0 Å². The van der Waals surface area contributed by atoms with Gasteiger partial charge < -0.3 is 4.57 Å². The van der Waals surface area contributed by atoms with E-state index in [0.717, 1.165) is 5.56 Å². The number of nitrogens with zero attached hydrogens (tertiary/aromatic N) is 2. The van der Waals surface area contributed by atoms with E-state index in [4.69, 9.17) is 11.6 Å². The standard InChI is InChI=1S/C17H16ClN3O2S/c1-21-11-10-19-17(21)16(13-6-3-2-4-7-13)20-24(22,23)15-9-5-8-14(18)12-15/h2-12,16,20H,1H3. The maximum absolute atomic E-state index is 12.8. The minimum Gasteiger partial charge on any atom is -0.336 e. The van der Waals surface area contributed by atoms with Crippen LogP contribution >= 0.6 is 11.6 Å². The lowest BCUT2D eigenvalue weighted by molar-refractivity contribution is 0.563. The molecule has 0 amide bonds. The maximum atomic E-state index is 12.8. The third-order valence-corrected chi connectivity index (χ3v) is 5.28. The Morgan fingerprint density at radius 2 is 1.88 bits per heavy atom. The highest BCUT2D eigenvalue weighted by Gasteiger charge is 2.25. The molecule has 0 bridgehead atoms. The Morgan fingerprint density at radius 1 is 1.12 bits per heavy atom. The van der Waals surface area contributed by atoms with Crippen LogP contribution < -0.4 is 4.72 Å². The van der Waals surface area contributed by atoms with Crippen molar-refractivity contribution in [3.63, 3.8) is 0 Å². The van der Waals surface area contributed by atoms with Crippen LogP contribution in [0, 0.1) is 0 Å². The maximum Gasteiger partial charge on any atom is 0.241 e. The Bertz CT molecular complexity index is 939. The fraction of sp³-hybridized carbons (Fsp3) is 0.118. The van der Waals surface area contributed by atoms with Crippen molar-refractivity contribution in [3.05, 3.63) is 83.4 Å². The highest BCUT2D eigenvalue weighted by Crippen LogP contribution is 2.24. The number of hydrogen-bond donors (Lipinski definition) is 1. The van der Waals surface area contributed by atoms with Gasteiger partial charge >= 0.3 is 0 Å². The van der Waals surface area contributed by atoms with Crippen LogP contribution in [-0.2, 0) is 17.1 Å². The van der Waals surface area contributed by atoms with Gasteiger partial charge in [0.2, 0.25) is 10.0 Å². The Kier molecular flexibility index (Phi) is 4.71. The quantitative estimate of drug-likeness (QED) is 0.759. The summed E-state index contributed by atoms with van der Waals surface area (Å²) in [7, 11) is -1.94. The van der Waals surface area contributed by atoms with E-state index < -0.39 is 16.1 Å². The average Bonchev–Trinajstić information content (AvgIpc) is 2.99. The Balaban J connectivity index is 2.03. The first-order valence-corrected chi connectivity index (χ1v) is 9.13. The molecular formula is C17H16ClN3O2S. The molecule has 2 aromatic carbocycles. The molecule has 7 heteroatoms. The van der Waals surface area contributed by atoms with Crippen LogP contribution in [0.2, 0.25) is 5.02 Å². The Labute approximate surface area is 146 Å². The molecule has 0 fully saturated rings. The summed E-state index contributed by atoms with van der Waals surface area (Å²) in [5.74, 6) is 0.604. The summed E-state index contributed by atoms with van der Waals surface area (Å²) in [5, 5.41) is 0.367. The number of benzene rings is 2. The second-order valence-corrected chi connectivity index (χ2v) is 7.47. The largest absolute Gasteiger partial charge is 0.336 e. The van der Waals surface area contributed by atoms with E-state index in [1.54, 1.807) is 29.1 Å². The van der Waals surface area contributed by atoms with Gasteiger partial charge in [0, 0.05) is 24.5 Å². The van der Waals surface area contributed by atoms with Crippen molar-refractivity contribution in [3.8, 4) is 0 Å². The van der Waals surface area contributed by atoms with Crippen LogP contribution in [-0.4, -0.2) is 18.0 Å². The number of imidazole rings is 1. The highest BCUT2D eigenvalue weighted by atomic mass is 35.5. The SMILES string of the molecule is Cn1ccnc1C(NS(=O)(=O)c1cccc(Cl)c1)c1ccccc1. The normalized spacial score (nSPS) is 12.9. The molecule has 3 aromatic rings. The smallest absolute Gasteiger partial charge is 0.241 e. The van der Waals surface area contributed by atoms with E-state index in [9.17, 15) is 8.42 Å². The fourth-order valence-corrected chi connectivity index (χ4v) is 3.91. The zero-order valence-corrected chi connectivity index (χ0v) is 14.5. The number of rotatable bonds is 5. The molecule has 1 N–H and O–H groups in total. The molecule has 5 nitrogen and oxygen atoms in total. The third-order valence-electron chi connectivity index (χ3n) is 3.63. The number of nitrogens with one attached hydrogen (secondary N) is 1. The van der Waals surface area contributed by atoms with E-state index in [0.29, 0.717) is 10.8 Å². The molecule has 0 aliphatic heterocycles. The molecular weight excluding hydrogens is 346 g/mol. The van der Waals surface area contributed by atoms with Gasteiger partial charge in [0.1, 0.15) is 11.9 Å².